The third-order valence-corrected chi connectivity index (χ3v) is 7.23. The minimum atomic E-state index is -0.826. The van der Waals surface area contributed by atoms with E-state index in [1.165, 1.54) is 11.8 Å². The van der Waals surface area contributed by atoms with E-state index in [9.17, 15) is 19.5 Å². The van der Waals surface area contributed by atoms with Gasteiger partial charge in [-0.1, -0.05) is 54.6 Å². The summed E-state index contributed by atoms with van der Waals surface area (Å²) in [4.78, 5) is 45.1. The molecule has 0 saturated carbocycles. The Bertz CT molecular complexity index is 1210. The maximum atomic E-state index is 13.4. The molecular weight excluding hydrogens is 476 g/mol. The highest BCUT2D eigenvalue weighted by atomic mass is 32.1. The summed E-state index contributed by atoms with van der Waals surface area (Å²) in [7, 11) is 0. The van der Waals surface area contributed by atoms with Crippen LogP contribution in [0.5, 0.6) is 0 Å². The number of carbonyl (C=O) groups excluding carboxylic acids is 3. The normalized spacial score (nSPS) is 18.0. The Kier molecular flexibility index (Phi) is 8.12. The zero-order valence-corrected chi connectivity index (χ0v) is 21.1. The summed E-state index contributed by atoms with van der Waals surface area (Å²) in [5.74, 6) is -1.04. The number of amides is 3. The summed E-state index contributed by atoms with van der Waals surface area (Å²) in [5, 5.41) is 15.9. The molecule has 0 spiro atoms. The molecule has 36 heavy (non-hydrogen) atoms. The number of hydrogen-bond donors (Lipinski definition) is 3. The number of hydrogen-bond acceptors (Lipinski definition) is 6. The van der Waals surface area contributed by atoms with E-state index in [0.29, 0.717) is 13.0 Å². The lowest BCUT2D eigenvalue weighted by Gasteiger charge is -2.28. The molecule has 4 rings (SSSR count). The van der Waals surface area contributed by atoms with Crippen LogP contribution in [-0.4, -0.2) is 57.4 Å². The number of benzene rings is 2. The van der Waals surface area contributed by atoms with Gasteiger partial charge in [0.05, 0.1) is 22.2 Å². The number of β-amino-alcohol motifs (C(OH)–C–C–N with tert-alkyl or cyclic N) is 1. The number of likely N-dealkylation sites (tertiary alicyclic amines) is 1. The Hall–Kier alpha value is -3.56. The van der Waals surface area contributed by atoms with E-state index in [4.69, 9.17) is 0 Å². The molecule has 1 fully saturated rings. The molecule has 2 heterocycles. The molecule has 0 bridgehead atoms. The fourth-order valence-electron chi connectivity index (χ4n) is 4.46. The van der Waals surface area contributed by atoms with Crippen LogP contribution >= 0.6 is 11.3 Å². The van der Waals surface area contributed by atoms with Gasteiger partial charge in [0.15, 0.2) is 0 Å². The summed E-state index contributed by atoms with van der Waals surface area (Å²) in [6.07, 6.45) is -0.355. The fraction of sp³-hybridized carbons (Fsp3) is 0.333. The molecule has 3 N–H and O–H groups in total. The highest BCUT2D eigenvalue weighted by Crippen LogP contribution is 2.27. The fourth-order valence-corrected chi connectivity index (χ4v) is 5.27. The van der Waals surface area contributed by atoms with Gasteiger partial charge in [-0.3, -0.25) is 14.4 Å². The van der Waals surface area contributed by atoms with Gasteiger partial charge >= 0.3 is 0 Å². The lowest BCUT2D eigenvalue weighted by Crippen LogP contribution is -2.54. The van der Waals surface area contributed by atoms with E-state index in [-0.39, 0.29) is 30.7 Å². The summed E-state index contributed by atoms with van der Waals surface area (Å²) < 4.78 is 0. The molecule has 1 saturated heterocycles. The summed E-state index contributed by atoms with van der Waals surface area (Å²) in [6, 6.07) is 15.6. The Morgan fingerprint density at radius 3 is 2.47 bits per heavy atom. The SMILES string of the molecule is CC(=O)NC(Cc1ccccc1)C(=O)N1CC(O)CC1C(=O)NCc1ccc(-c2scnc2C)cc1. The van der Waals surface area contributed by atoms with Gasteiger partial charge in [-0.25, -0.2) is 4.98 Å². The van der Waals surface area contributed by atoms with Crippen molar-refractivity contribution in [2.75, 3.05) is 6.54 Å². The maximum absolute atomic E-state index is 13.4. The summed E-state index contributed by atoms with van der Waals surface area (Å²) in [5.41, 5.74) is 5.69. The van der Waals surface area contributed by atoms with Gasteiger partial charge in [0.2, 0.25) is 17.7 Å². The van der Waals surface area contributed by atoms with E-state index < -0.39 is 18.2 Å². The van der Waals surface area contributed by atoms with Gasteiger partial charge in [0.1, 0.15) is 12.1 Å². The molecule has 3 atom stereocenters. The molecule has 1 aliphatic heterocycles. The first-order chi connectivity index (χ1) is 17.3. The van der Waals surface area contributed by atoms with Gasteiger partial charge < -0.3 is 20.6 Å². The Balaban J connectivity index is 1.41. The second-order valence-corrected chi connectivity index (χ2v) is 9.88. The predicted octanol–water partition coefficient (Wildman–Crippen LogP) is 2.44. The first-order valence-electron chi connectivity index (χ1n) is 11.9. The molecule has 3 unspecified atom stereocenters. The van der Waals surface area contributed by atoms with Crippen LogP contribution in [0.15, 0.2) is 60.1 Å². The highest BCUT2D eigenvalue weighted by Gasteiger charge is 2.41. The van der Waals surface area contributed by atoms with Crippen molar-refractivity contribution in [1.29, 1.82) is 0 Å². The van der Waals surface area contributed by atoms with E-state index in [1.807, 2.05) is 67.0 Å². The number of carbonyl (C=O) groups is 3. The Morgan fingerprint density at radius 2 is 1.83 bits per heavy atom. The maximum Gasteiger partial charge on any atom is 0.246 e. The van der Waals surface area contributed by atoms with Crippen molar-refractivity contribution in [2.24, 2.45) is 0 Å². The number of aromatic nitrogens is 1. The van der Waals surface area contributed by atoms with Crippen LogP contribution in [0.4, 0.5) is 0 Å². The van der Waals surface area contributed by atoms with Crippen LogP contribution in [0.25, 0.3) is 10.4 Å². The van der Waals surface area contributed by atoms with Crippen LogP contribution in [0.3, 0.4) is 0 Å². The molecule has 2 aromatic carbocycles. The lowest BCUT2D eigenvalue weighted by atomic mass is 10.0. The van der Waals surface area contributed by atoms with Crippen molar-refractivity contribution in [1.82, 2.24) is 20.5 Å². The van der Waals surface area contributed by atoms with Crippen LogP contribution in [0, 0.1) is 6.92 Å². The summed E-state index contributed by atoms with van der Waals surface area (Å²) in [6.45, 7) is 3.68. The van der Waals surface area contributed by atoms with Gasteiger partial charge in [0.25, 0.3) is 0 Å². The standard InChI is InChI=1S/C27H30N4O4S/c1-17-25(36-16-29-17)21-10-8-20(9-11-21)14-28-26(34)24-13-22(33)15-31(24)27(35)23(30-18(2)32)12-19-6-4-3-5-7-19/h3-11,16,22-24,33H,12-15H2,1-2H3,(H,28,34)(H,30,32). The monoisotopic (exact) mass is 506 g/mol. The molecule has 8 nitrogen and oxygen atoms in total. The molecule has 1 aliphatic rings. The van der Waals surface area contributed by atoms with E-state index in [2.05, 4.69) is 15.6 Å². The second kappa shape index (κ2) is 11.5. The van der Waals surface area contributed by atoms with Gasteiger partial charge in [-0.2, -0.15) is 0 Å². The number of rotatable bonds is 8. The minimum absolute atomic E-state index is 0.0463. The third kappa shape index (κ3) is 6.16. The molecule has 9 heteroatoms. The van der Waals surface area contributed by atoms with Crippen LogP contribution in [0.1, 0.15) is 30.2 Å². The Labute approximate surface area is 214 Å². The number of nitrogens with zero attached hydrogens (tertiary/aromatic N) is 2. The van der Waals surface area contributed by atoms with Crippen LogP contribution in [-0.2, 0) is 27.3 Å². The molecule has 1 aromatic heterocycles. The molecule has 0 radical (unpaired) electrons. The zero-order valence-electron chi connectivity index (χ0n) is 20.3. The predicted molar refractivity (Wildman–Crippen MR) is 138 cm³/mol. The van der Waals surface area contributed by atoms with Crippen LogP contribution < -0.4 is 10.6 Å². The van der Waals surface area contributed by atoms with E-state index >= 15 is 0 Å². The molecule has 3 amide bonds. The van der Waals surface area contributed by atoms with E-state index in [0.717, 1.165) is 27.3 Å². The molecule has 3 aromatic rings. The quantitative estimate of drug-likeness (QED) is 0.435. The highest BCUT2D eigenvalue weighted by molar-refractivity contribution is 7.13. The van der Waals surface area contributed by atoms with Gasteiger partial charge in [-0.05, 0) is 23.6 Å². The summed E-state index contributed by atoms with van der Waals surface area (Å²) >= 11 is 1.58. The molecular formula is C27H30N4O4S. The Morgan fingerprint density at radius 1 is 1.11 bits per heavy atom. The number of aryl methyl sites for hydroxylation is 1. The molecule has 0 aliphatic carbocycles. The third-order valence-electron chi connectivity index (χ3n) is 6.25. The first kappa shape index (κ1) is 25.5. The molecule has 188 valence electrons. The average molecular weight is 507 g/mol. The van der Waals surface area contributed by atoms with Gasteiger partial charge in [-0.15, -0.1) is 11.3 Å². The van der Waals surface area contributed by atoms with Crippen molar-refractivity contribution in [3.63, 3.8) is 0 Å². The smallest absolute Gasteiger partial charge is 0.246 e. The van der Waals surface area contributed by atoms with Crippen molar-refractivity contribution >= 4 is 29.1 Å². The topological polar surface area (TPSA) is 112 Å². The van der Waals surface area contributed by atoms with E-state index in [1.54, 1.807) is 11.3 Å². The van der Waals surface area contributed by atoms with Crippen molar-refractivity contribution in [3.05, 3.63) is 76.9 Å². The van der Waals surface area contributed by atoms with Crippen molar-refractivity contribution in [3.8, 4) is 10.4 Å². The number of nitrogens with one attached hydrogen (secondary N) is 2. The second-order valence-electron chi connectivity index (χ2n) is 9.02. The number of aliphatic hydroxyl groups excluding tert-OH is 1. The van der Waals surface area contributed by atoms with Crippen molar-refractivity contribution < 1.29 is 19.5 Å². The van der Waals surface area contributed by atoms with Crippen molar-refractivity contribution in [2.45, 2.75) is 51.4 Å². The average Bonchev–Trinajstić information content (AvgIpc) is 3.47. The largest absolute Gasteiger partial charge is 0.391 e. The number of thiazole rings is 1. The van der Waals surface area contributed by atoms with Gasteiger partial charge in [0, 0.05) is 32.9 Å². The zero-order chi connectivity index (χ0) is 25.7. The lowest BCUT2D eigenvalue weighted by molar-refractivity contribution is -0.141. The number of aliphatic hydroxyl groups is 1. The first-order valence-corrected chi connectivity index (χ1v) is 12.8. The minimum Gasteiger partial charge on any atom is -0.391 e. The van der Waals surface area contributed by atoms with Crippen LogP contribution in [0.2, 0.25) is 0 Å².